The number of nitrogens with zero attached hydrogens (tertiary/aromatic N) is 1. The second-order valence-corrected chi connectivity index (χ2v) is 5.02. The topological polar surface area (TPSA) is 35.5 Å². The number of aliphatic hydroxyl groups is 1. The van der Waals surface area contributed by atoms with Crippen molar-refractivity contribution in [1.82, 2.24) is 10.2 Å². The Labute approximate surface area is 81.1 Å². The molecule has 1 fully saturated rings. The predicted octanol–water partition coefficient (Wildman–Crippen LogP) is 0.439. The fourth-order valence-corrected chi connectivity index (χ4v) is 1.84. The molecule has 0 saturated carbocycles. The van der Waals surface area contributed by atoms with E-state index in [1.807, 2.05) is 0 Å². The van der Waals surface area contributed by atoms with Crippen LogP contribution in [0.3, 0.4) is 0 Å². The molecule has 0 aromatic rings. The fraction of sp³-hybridized carbons (Fsp3) is 1.00. The van der Waals surface area contributed by atoms with E-state index in [1.54, 1.807) is 0 Å². The van der Waals surface area contributed by atoms with Gasteiger partial charge in [-0.3, -0.25) is 4.90 Å². The molecule has 0 aliphatic carbocycles. The van der Waals surface area contributed by atoms with E-state index in [0.29, 0.717) is 6.04 Å². The van der Waals surface area contributed by atoms with Crippen molar-refractivity contribution < 1.29 is 5.11 Å². The van der Waals surface area contributed by atoms with Crippen LogP contribution in [0.1, 0.15) is 27.7 Å². The smallest absolute Gasteiger partial charge is 0.0597 e. The summed E-state index contributed by atoms with van der Waals surface area (Å²) < 4.78 is 0. The molecular formula is C10H22N2O. The SMILES string of the molecule is CC1CN(C(C)(C)C)CC(CO)N1. The van der Waals surface area contributed by atoms with Gasteiger partial charge >= 0.3 is 0 Å². The maximum atomic E-state index is 9.10. The molecule has 1 saturated heterocycles. The first-order chi connectivity index (χ1) is 5.93. The minimum absolute atomic E-state index is 0.212. The molecule has 13 heavy (non-hydrogen) atoms. The summed E-state index contributed by atoms with van der Waals surface area (Å²) in [5.74, 6) is 0. The van der Waals surface area contributed by atoms with Crippen LogP contribution in [0.15, 0.2) is 0 Å². The van der Waals surface area contributed by atoms with Crippen molar-refractivity contribution in [1.29, 1.82) is 0 Å². The quantitative estimate of drug-likeness (QED) is 0.624. The van der Waals surface area contributed by atoms with Gasteiger partial charge in [0.2, 0.25) is 0 Å². The Morgan fingerprint density at radius 1 is 1.38 bits per heavy atom. The van der Waals surface area contributed by atoms with Gasteiger partial charge in [0.25, 0.3) is 0 Å². The van der Waals surface area contributed by atoms with Crippen LogP contribution in [0.2, 0.25) is 0 Å². The third-order valence-electron chi connectivity index (χ3n) is 2.62. The summed E-state index contributed by atoms with van der Waals surface area (Å²) in [5, 5.41) is 12.5. The normalized spacial score (nSPS) is 32.1. The minimum Gasteiger partial charge on any atom is -0.395 e. The minimum atomic E-state index is 0.212. The third-order valence-corrected chi connectivity index (χ3v) is 2.62. The number of nitrogens with one attached hydrogen (secondary N) is 1. The van der Waals surface area contributed by atoms with Crippen LogP contribution in [0.4, 0.5) is 0 Å². The van der Waals surface area contributed by atoms with E-state index in [2.05, 4.69) is 37.9 Å². The Morgan fingerprint density at radius 3 is 2.46 bits per heavy atom. The molecule has 3 nitrogen and oxygen atoms in total. The number of rotatable bonds is 1. The highest BCUT2D eigenvalue weighted by atomic mass is 16.3. The van der Waals surface area contributed by atoms with Gasteiger partial charge in [-0.1, -0.05) is 0 Å². The van der Waals surface area contributed by atoms with Crippen LogP contribution in [0.5, 0.6) is 0 Å². The molecule has 0 aromatic carbocycles. The lowest BCUT2D eigenvalue weighted by molar-refractivity contribution is 0.0573. The highest BCUT2D eigenvalue weighted by Crippen LogP contribution is 2.17. The predicted molar refractivity (Wildman–Crippen MR) is 54.8 cm³/mol. The third kappa shape index (κ3) is 2.93. The van der Waals surface area contributed by atoms with Gasteiger partial charge < -0.3 is 10.4 Å². The Morgan fingerprint density at radius 2 is 2.00 bits per heavy atom. The average molecular weight is 186 g/mol. The van der Waals surface area contributed by atoms with Crippen LogP contribution in [0.25, 0.3) is 0 Å². The Hall–Kier alpha value is -0.120. The largest absolute Gasteiger partial charge is 0.395 e. The molecule has 1 aliphatic heterocycles. The zero-order valence-electron chi connectivity index (χ0n) is 9.17. The monoisotopic (exact) mass is 186 g/mol. The molecule has 2 atom stereocenters. The highest BCUT2D eigenvalue weighted by Gasteiger charge is 2.30. The summed E-state index contributed by atoms with van der Waals surface area (Å²) in [7, 11) is 0. The van der Waals surface area contributed by atoms with Crippen molar-refractivity contribution in [2.45, 2.75) is 45.3 Å². The maximum Gasteiger partial charge on any atom is 0.0597 e. The molecule has 1 heterocycles. The molecule has 1 rings (SSSR count). The van der Waals surface area contributed by atoms with Crippen LogP contribution in [-0.2, 0) is 0 Å². The molecule has 3 heteroatoms. The average Bonchev–Trinajstić information content (AvgIpc) is 2.01. The lowest BCUT2D eigenvalue weighted by Crippen LogP contribution is -2.61. The van der Waals surface area contributed by atoms with E-state index >= 15 is 0 Å². The first-order valence-electron chi connectivity index (χ1n) is 5.05. The van der Waals surface area contributed by atoms with E-state index in [0.717, 1.165) is 13.1 Å². The summed E-state index contributed by atoms with van der Waals surface area (Å²) in [5.41, 5.74) is 0.212. The standard InChI is InChI=1S/C10H22N2O/c1-8-5-12(10(2,3)4)6-9(7-13)11-8/h8-9,11,13H,5-7H2,1-4H3. The summed E-state index contributed by atoms with van der Waals surface area (Å²) in [6, 6.07) is 0.716. The number of hydrogen-bond donors (Lipinski definition) is 2. The van der Waals surface area contributed by atoms with Crippen LogP contribution >= 0.6 is 0 Å². The molecule has 0 aromatic heterocycles. The van der Waals surface area contributed by atoms with Crippen molar-refractivity contribution in [2.24, 2.45) is 0 Å². The zero-order valence-corrected chi connectivity index (χ0v) is 9.17. The molecule has 0 amide bonds. The molecule has 1 aliphatic rings. The second kappa shape index (κ2) is 3.95. The summed E-state index contributed by atoms with van der Waals surface area (Å²) >= 11 is 0. The van der Waals surface area contributed by atoms with Gasteiger partial charge in [-0.05, 0) is 27.7 Å². The van der Waals surface area contributed by atoms with E-state index < -0.39 is 0 Å². The fourth-order valence-electron chi connectivity index (χ4n) is 1.84. The van der Waals surface area contributed by atoms with Gasteiger partial charge in [0.05, 0.1) is 6.61 Å². The Bertz CT molecular complexity index is 165. The van der Waals surface area contributed by atoms with E-state index in [-0.39, 0.29) is 18.2 Å². The van der Waals surface area contributed by atoms with E-state index in [4.69, 9.17) is 5.11 Å². The van der Waals surface area contributed by atoms with Crippen molar-refractivity contribution in [3.63, 3.8) is 0 Å². The van der Waals surface area contributed by atoms with Gasteiger partial charge in [-0.15, -0.1) is 0 Å². The Balaban J connectivity index is 2.57. The molecule has 0 bridgehead atoms. The molecule has 0 spiro atoms. The Kier molecular flexibility index (Phi) is 3.33. The molecule has 2 unspecified atom stereocenters. The number of hydrogen-bond acceptors (Lipinski definition) is 3. The van der Waals surface area contributed by atoms with Gasteiger partial charge in [-0.25, -0.2) is 0 Å². The summed E-state index contributed by atoms with van der Waals surface area (Å²) in [6.07, 6.45) is 0. The highest BCUT2D eigenvalue weighted by molar-refractivity contribution is 4.89. The van der Waals surface area contributed by atoms with Crippen LogP contribution in [0, 0.1) is 0 Å². The number of aliphatic hydroxyl groups excluding tert-OH is 1. The first-order valence-corrected chi connectivity index (χ1v) is 5.05. The second-order valence-electron chi connectivity index (χ2n) is 5.02. The van der Waals surface area contributed by atoms with Gasteiger partial charge in [0, 0.05) is 30.7 Å². The molecule has 2 N–H and O–H groups in total. The van der Waals surface area contributed by atoms with Gasteiger partial charge in [0.15, 0.2) is 0 Å². The first kappa shape index (κ1) is 11.0. The molecule has 78 valence electrons. The zero-order chi connectivity index (χ0) is 10.1. The van der Waals surface area contributed by atoms with Crippen molar-refractivity contribution in [3.05, 3.63) is 0 Å². The van der Waals surface area contributed by atoms with Crippen molar-refractivity contribution in [3.8, 4) is 0 Å². The lowest BCUT2D eigenvalue weighted by Gasteiger charge is -2.44. The molecule has 0 radical (unpaired) electrons. The van der Waals surface area contributed by atoms with E-state index in [1.165, 1.54) is 0 Å². The van der Waals surface area contributed by atoms with Crippen molar-refractivity contribution in [2.75, 3.05) is 19.7 Å². The maximum absolute atomic E-state index is 9.10. The van der Waals surface area contributed by atoms with E-state index in [9.17, 15) is 0 Å². The lowest BCUT2D eigenvalue weighted by atomic mass is 10.0. The summed E-state index contributed by atoms with van der Waals surface area (Å²) in [6.45, 7) is 11.1. The van der Waals surface area contributed by atoms with Crippen LogP contribution < -0.4 is 5.32 Å². The van der Waals surface area contributed by atoms with Crippen LogP contribution in [-0.4, -0.2) is 47.3 Å². The molecular weight excluding hydrogens is 164 g/mol. The summed E-state index contributed by atoms with van der Waals surface area (Å²) in [4.78, 5) is 2.43. The number of piperazine rings is 1. The van der Waals surface area contributed by atoms with Crippen molar-refractivity contribution >= 4 is 0 Å². The van der Waals surface area contributed by atoms with Gasteiger partial charge in [0.1, 0.15) is 0 Å². The van der Waals surface area contributed by atoms with Gasteiger partial charge in [-0.2, -0.15) is 0 Å².